The van der Waals surface area contributed by atoms with E-state index in [1.165, 1.54) is 11.3 Å². The van der Waals surface area contributed by atoms with Gasteiger partial charge in [-0.05, 0) is 42.6 Å². The number of thiazole rings is 1. The van der Waals surface area contributed by atoms with Gasteiger partial charge in [0.15, 0.2) is 0 Å². The minimum Gasteiger partial charge on any atom is -0.480 e. The molecule has 9 heteroatoms. The average Bonchev–Trinajstić information content (AvgIpc) is 3.49. The molecule has 3 fully saturated rings. The molecule has 0 radical (unpaired) electrons. The van der Waals surface area contributed by atoms with Crippen LogP contribution in [0.15, 0.2) is 34.1 Å². The highest BCUT2D eigenvalue weighted by atomic mass is 32.2. The Bertz CT molecular complexity index is 1260. The lowest BCUT2D eigenvalue weighted by Gasteiger charge is -2.43. The molecule has 1 saturated heterocycles. The molecule has 2 amide bonds. The first-order valence-electron chi connectivity index (χ1n) is 11.7. The fourth-order valence-corrected chi connectivity index (χ4v) is 10.0. The van der Waals surface area contributed by atoms with Crippen LogP contribution in [0.3, 0.4) is 0 Å². The minimum absolute atomic E-state index is 0.00226. The molecule has 2 aliphatic carbocycles. The number of carbonyl (C=O) groups excluding carboxylic acids is 2. The van der Waals surface area contributed by atoms with E-state index in [0.717, 1.165) is 32.4 Å². The van der Waals surface area contributed by atoms with Gasteiger partial charge < -0.3 is 10.1 Å². The van der Waals surface area contributed by atoms with Gasteiger partial charge in [0.1, 0.15) is 6.04 Å². The number of benzene rings is 1. The van der Waals surface area contributed by atoms with Gasteiger partial charge in [0.05, 0.1) is 16.9 Å². The molecule has 1 aromatic heterocycles. The van der Waals surface area contributed by atoms with Crippen LogP contribution < -0.4 is 4.87 Å². The van der Waals surface area contributed by atoms with Crippen molar-refractivity contribution in [1.82, 2.24) is 9.88 Å². The second-order valence-corrected chi connectivity index (χ2v) is 12.6. The highest BCUT2D eigenvalue weighted by Crippen LogP contribution is 2.68. The van der Waals surface area contributed by atoms with E-state index in [0.29, 0.717) is 0 Å². The Morgan fingerprint density at radius 3 is 2.35 bits per heavy atom. The molecule has 178 valence electrons. The van der Waals surface area contributed by atoms with E-state index in [9.17, 15) is 24.3 Å². The van der Waals surface area contributed by atoms with E-state index in [2.05, 4.69) is 29.2 Å². The van der Waals surface area contributed by atoms with Crippen LogP contribution in [-0.4, -0.2) is 44.1 Å². The Balaban J connectivity index is 1.44. The van der Waals surface area contributed by atoms with Crippen LogP contribution in [0.5, 0.6) is 0 Å². The molecule has 2 aliphatic heterocycles. The first-order chi connectivity index (χ1) is 16.2. The van der Waals surface area contributed by atoms with Crippen molar-refractivity contribution in [2.75, 3.05) is 0 Å². The summed E-state index contributed by atoms with van der Waals surface area (Å²) in [5, 5.41) is 10.8. The molecule has 2 N–H and O–H groups in total. The number of carbonyl (C=O) groups is 3. The monoisotopic (exact) mass is 498 g/mol. The number of nitrogens with zero attached hydrogens (tertiary/aromatic N) is 1. The first-order valence-corrected chi connectivity index (χ1v) is 13.4. The molecule has 3 heterocycles. The zero-order valence-corrected chi connectivity index (χ0v) is 20.7. The largest absolute Gasteiger partial charge is 0.480 e. The van der Waals surface area contributed by atoms with Gasteiger partial charge in [0.25, 0.3) is 0 Å². The third-order valence-electron chi connectivity index (χ3n) is 8.36. The zero-order valence-electron chi connectivity index (χ0n) is 19.1. The molecule has 8 atom stereocenters. The van der Waals surface area contributed by atoms with Crippen LogP contribution in [0, 0.1) is 42.4 Å². The smallest absolute Gasteiger partial charge is 0.327 e. The number of aliphatic carboxylic acids is 1. The molecular weight excluding hydrogens is 472 g/mol. The number of amides is 2. The number of thioether (sulfide) groups is 1. The van der Waals surface area contributed by atoms with E-state index in [1.54, 1.807) is 25.6 Å². The Morgan fingerprint density at radius 1 is 1.09 bits per heavy atom. The van der Waals surface area contributed by atoms with Crippen molar-refractivity contribution in [2.24, 2.45) is 35.5 Å². The molecule has 2 aromatic rings. The lowest BCUT2D eigenvalue weighted by molar-refractivity contribution is -0.157. The van der Waals surface area contributed by atoms with Crippen LogP contribution in [0.1, 0.15) is 42.2 Å². The van der Waals surface area contributed by atoms with Crippen LogP contribution >= 0.6 is 23.1 Å². The number of carboxylic acids is 1. The number of aromatic nitrogens is 1. The van der Waals surface area contributed by atoms with Gasteiger partial charge in [-0.3, -0.25) is 19.3 Å². The topological polar surface area (TPSA) is 108 Å². The summed E-state index contributed by atoms with van der Waals surface area (Å²) in [5.41, 5.74) is 2.28. The number of aryl methyl sites for hydroxylation is 1. The molecule has 6 rings (SSSR count). The van der Waals surface area contributed by atoms with Crippen molar-refractivity contribution in [3.05, 3.63) is 49.9 Å². The van der Waals surface area contributed by atoms with Crippen LogP contribution in [0.25, 0.3) is 0 Å². The highest BCUT2D eigenvalue weighted by Gasteiger charge is 2.70. The maximum atomic E-state index is 13.6. The molecule has 4 aliphatic rings. The summed E-state index contributed by atoms with van der Waals surface area (Å²) in [6.45, 7) is 5.51. The summed E-state index contributed by atoms with van der Waals surface area (Å²) in [6.07, 6.45) is 0.796. The summed E-state index contributed by atoms with van der Waals surface area (Å²) in [4.78, 5) is 56.5. The van der Waals surface area contributed by atoms with Crippen molar-refractivity contribution < 1.29 is 19.5 Å². The Labute approximate surface area is 204 Å². The Hall–Kier alpha value is -2.39. The van der Waals surface area contributed by atoms with Gasteiger partial charge in [0.2, 0.25) is 11.8 Å². The van der Waals surface area contributed by atoms with Crippen molar-refractivity contribution >= 4 is 40.9 Å². The number of nitrogens with one attached hydrogen (secondary N) is 1. The number of H-pyrrole nitrogens is 1. The standard InChI is InChI=1S/C25H26N2O5S2/c1-9(2)18(24(30)31)27-22(28)16-12-8-13(17(16)23(27)29)19-15(12)14(11-6-4-10(3)5-7-11)20-21(33-19)26-25(32)34-20/h4-7,9,12-19H,8H2,1-3H3,(H,26,32)(H,30,31)/t12-,13+,14+,15+,16+,17+,18-,19+/m0/s1. The van der Waals surface area contributed by atoms with Crippen LogP contribution in [0.2, 0.25) is 0 Å². The molecule has 7 nitrogen and oxygen atoms in total. The van der Waals surface area contributed by atoms with Gasteiger partial charge >= 0.3 is 10.8 Å². The third-order valence-corrected chi connectivity index (χ3v) is 10.9. The molecule has 1 aromatic carbocycles. The number of fused-ring (bicyclic) bond motifs is 9. The van der Waals surface area contributed by atoms with Gasteiger partial charge in [-0.2, -0.15) is 0 Å². The fraction of sp³-hybridized carbons (Fsp3) is 0.520. The van der Waals surface area contributed by atoms with Crippen molar-refractivity contribution in [2.45, 2.75) is 49.4 Å². The first kappa shape index (κ1) is 22.1. The summed E-state index contributed by atoms with van der Waals surface area (Å²) in [7, 11) is 0. The number of hydrogen-bond acceptors (Lipinski definition) is 6. The maximum Gasteiger partial charge on any atom is 0.327 e. The lowest BCUT2D eigenvalue weighted by Crippen LogP contribution is -2.49. The maximum absolute atomic E-state index is 13.6. The molecule has 2 bridgehead atoms. The van der Waals surface area contributed by atoms with E-state index in [-0.39, 0.29) is 51.5 Å². The van der Waals surface area contributed by atoms with Gasteiger partial charge in [-0.25, -0.2) is 4.79 Å². The number of likely N-dealkylation sites (tertiary alicyclic amines) is 1. The molecule has 0 spiro atoms. The number of hydrogen-bond donors (Lipinski definition) is 2. The van der Waals surface area contributed by atoms with E-state index in [4.69, 9.17) is 0 Å². The Morgan fingerprint density at radius 2 is 1.74 bits per heavy atom. The number of aromatic amines is 1. The summed E-state index contributed by atoms with van der Waals surface area (Å²) < 4.78 is 0. The summed E-state index contributed by atoms with van der Waals surface area (Å²) in [6, 6.07) is 7.23. The highest BCUT2D eigenvalue weighted by molar-refractivity contribution is 8.00. The molecule has 34 heavy (non-hydrogen) atoms. The molecule has 2 saturated carbocycles. The van der Waals surface area contributed by atoms with Crippen molar-refractivity contribution in [3.63, 3.8) is 0 Å². The minimum atomic E-state index is -1.13. The predicted octanol–water partition coefficient (Wildman–Crippen LogP) is 3.33. The fourth-order valence-electron chi connectivity index (χ4n) is 7.15. The van der Waals surface area contributed by atoms with Gasteiger partial charge in [-0.15, -0.1) is 11.8 Å². The quantitative estimate of drug-likeness (QED) is 0.626. The molecule has 0 unspecified atom stereocenters. The number of carboxylic acid groups (broad SMARTS) is 1. The van der Waals surface area contributed by atoms with Crippen LogP contribution in [0.4, 0.5) is 0 Å². The Kier molecular flexibility index (Phi) is 4.91. The SMILES string of the molecule is Cc1ccc([C@H]2c3sc(=O)[nH]c3S[C@@H]3[C@@H]4C[C@H]([C@H]5C(=O)N([C@H](C(=O)O)C(C)C)C(=O)[C@H]45)[C@H]23)cc1. The van der Waals surface area contributed by atoms with Crippen LogP contribution in [-0.2, 0) is 14.4 Å². The van der Waals surface area contributed by atoms with E-state index < -0.39 is 23.8 Å². The average molecular weight is 499 g/mol. The van der Waals surface area contributed by atoms with E-state index in [1.807, 2.05) is 6.92 Å². The normalized spacial score (nSPS) is 34.4. The van der Waals surface area contributed by atoms with Gasteiger partial charge in [-0.1, -0.05) is 55.0 Å². The second-order valence-electron chi connectivity index (χ2n) is 10.4. The van der Waals surface area contributed by atoms with Gasteiger partial charge in [0, 0.05) is 16.0 Å². The third kappa shape index (κ3) is 2.89. The molecular formula is C25H26N2O5S2. The summed E-state index contributed by atoms with van der Waals surface area (Å²) >= 11 is 2.89. The number of rotatable bonds is 4. The summed E-state index contributed by atoms with van der Waals surface area (Å²) in [5.74, 6) is -2.96. The van der Waals surface area contributed by atoms with E-state index >= 15 is 0 Å². The second kappa shape index (κ2) is 7.55. The number of imide groups is 1. The zero-order chi connectivity index (χ0) is 24.0. The van der Waals surface area contributed by atoms with Crippen molar-refractivity contribution in [1.29, 1.82) is 0 Å². The van der Waals surface area contributed by atoms with Crippen molar-refractivity contribution in [3.8, 4) is 0 Å². The predicted molar refractivity (Wildman–Crippen MR) is 128 cm³/mol. The lowest BCUT2D eigenvalue weighted by atomic mass is 9.68.